The first-order valence-electron chi connectivity index (χ1n) is 3.30. The van der Waals surface area contributed by atoms with Gasteiger partial charge in [-0.05, 0) is 24.3 Å². The molecule has 1 aromatic carbocycles. The van der Waals surface area contributed by atoms with E-state index < -0.39 is 0 Å². The number of allylic oxidation sites excluding steroid dienone is 1. The molecule has 0 radical (unpaired) electrons. The Morgan fingerprint density at radius 3 is 2.83 bits per heavy atom. The highest BCUT2D eigenvalue weighted by Gasteiger charge is 2.07. The number of carbonyl (C=O) groups excluding carboxylic acids is 1. The van der Waals surface area contributed by atoms with Gasteiger partial charge in [0, 0.05) is 5.02 Å². The number of phenols is 1. The van der Waals surface area contributed by atoms with Crippen LogP contribution < -0.4 is 0 Å². The summed E-state index contributed by atoms with van der Waals surface area (Å²) in [5.74, 6) is -0.417. The van der Waals surface area contributed by atoms with Gasteiger partial charge in [-0.1, -0.05) is 18.2 Å². The highest BCUT2D eigenvalue weighted by Crippen LogP contribution is 2.21. The third-order valence-corrected chi connectivity index (χ3v) is 1.64. The quantitative estimate of drug-likeness (QED) is 0.564. The second-order valence-electron chi connectivity index (χ2n) is 2.23. The number of ketones is 1. The van der Waals surface area contributed by atoms with Crippen LogP contribution in [-0.4, -0.2) is 10.9 Å². The minimum atomic E-state index is -0.338. The van der Waals surface area contributed by atoms with Gasteiger partial charge in [0.05, 0.1) is 5.56 Å². The maximum atomic E-state index is 11.0. The zero-order valence-electron chi connectivity index (χ0n) is 6.25. The Morgan fingerprint density at radius 2 is 2.25 bits per heavy atom. The zero-order valence-corrected chi connectivity index (χ0v) is 7.01. The molecule has 1 aromatic rings. The number of hydrogen-bond donors (Lipinski definition) is 1. The number of hydrogen-bond acceptors (Lipinski definition) is 2. The van der Waals surface area contributed by atoms with E-state index in [1.807, 2.05) is 0 Å². The van der Waals surface area contributed by atoms with Gasteiger partial charge in [-0.15, -0.1) is 0 Å². The van der Waals surface area contributed by atoms with Crippen molar-refractivity contribution in [1.29, 1.82) is 0 Å². The minimum Gasteiger partial charge on any atom is -0.507 e. The SMILES string of the molecule is C=CC(=O)c1cc(Cl)ccc1O. The molecule has 0 amide bonds. The molecule has 0 unspecified atom stereocenters. The molecule has 0 atom stereocenters. The molecule has 1 rings (SSSR count). The lowest BCUT2D eigenvalue weighted by Crippen LogP contribution is -1.93. The zero-order chi connectivity index (χ0) is 9.14. The number of aromatic hydroxyl groups is 1. The van der Waals surface area contributed by atoms with Crippen molar-refractivity contribution in [3.05, 3.63) is 41.4 Å². The van der Waals surface area contributed by atoms with Crippen molar-refractivity contribution in [3.63, 3.8) is 0 Å². The summed E-state index contributed by atoms with van der Waals surface area (Å²) in [6.07, 6.45) is 1.13. The van der Waals surface area contributed by atoms with E-state index in [1.165, 1.54) is 18.2 Å². The van der Waals surface area contributed by atoms with Gasteiger partial charge in [-0.25, -0.2) is 0 Å². The van der Waals surface area contributed by atoms with Gasteiger partial charge in [0.15, 0.2) is 5.78 Å². The summed E-state index contributed by atoms with van der Waals surface area (Å²) >= 11 is 5.62. The maximum Gasteiger partial charge on any atom is 0.189 e. The van der Waals surface area contributed by atoms with Crippen molar-refractivity contribution < 1.29 is 9.90 Å². The Balaban J connectivity index is 3.22. The second kappa shape index (κ2) is 3.41. The van der Waals surface area contributed by atoms with Crippen LogP contribution in [0.15, 0.2) is 30.9 Å². The monoisotopic (exact) mass is 182 g/mol. The number of rotatable bonds is 2. The second-order valence-corrected chi connectivity index (χ2v) is 2.67. The molecule has 0 aliphatic rings. The van der Waals surface area contributed by atoms with Crippen molar-refractivity contribution >= 4 is 17.4 Å². The molecule has 62 valence electrons. The van der Waals surface area contributed by atoms with E-state index in [2.05, 4.69) is 6.58 Å². The van der Waals surface area contributed by atoms with Gasteiger partial charge in [-0.2, -0.15) is 0 Å². The molecule has 1 N–H and O–H groups in total. The summed E-state index contributed by atoms with van der Waals surface area (Å²) in [5.41, 5.74) is 0.178. The summed E-state index contributed by atoms with van der Waals surface area (Å²) in [5, 5.41) is 9.62. The van der Waals surface area contributed by atoms with E-state index in [4.69, 9.17) is 11.6 Å². The lowest BCUT2D eigenvalue weighted by molar-refractivity contribution is 0.104. The van der Waals surface area contributed by atoms with Crippen LogP contribution >= 0.6 is 11.6 Å². The van der Waals surface area contributed by atoms with Crippen LogP contribution in [0.25, 0.3) is 0 Å². The van der Waals surface area contributed by atoms with Crippen molar-refractivity contribution in [2.45, 2.75) is 0 Å². The molecule has 3 heteroatoms. The molecule has 0 bridgehead atoms. The van der Waals surface area contributed by atoms with E-state index in [1.54, 1.807) is 0 Å². The van der Waals surface area contributed by atoms with Crippen molar-refractivity contribution in [1.82, 2.24) is 0 Å². The smallest absolute Gasteiger partial charge is 0.189 e. The molecule has 0 saturated heterocycles. The normalized spacial score (nSPS) is 9.42. The van der Waals surface area contributed by atoms with Gasteiger partial charge in [0.25, 0.3) is 0 Å². The average molecular weight is 183 g/mol. The molecular weight excluding hydrogens is 176 g/mol. The van der Waals surface area contributed by atoms with Crippen LogP contribution in [0.3, 0.4) is 0 Å². The van der Waals surface area contributed by atoms with Gasteiger partial charge in [0.1, 0.15) is 5.75 Å². The van der Waals surface area contributed by atoms with Crippen LogP contribution in [0.2, 0.25) is 5.02 Å². The number of carbonyl (C=O) groups is 1. The van der Waals surface area contributed by atoms with Gasteiger partial charge < -0.3 is 5.11 Å². The summed E-state index contributed by atoms with van der Waals surface area (Å²) in [6, 6.07) is 4.29. The predicted molar refractivity (Wildman–Crippen MR) is 47.6 cm³/mol. The van der Waals surface area contributed by atoms with Gasteiger partial charge >= 0.3 is 0 Å². The molecule has 12 heavy (non-hydrogen) atoms. The summed E-state index contributed by atoms with van der Waals surface area (Å²) < 4.78 is 0. The van der Waals surface area contributed by atoms with Crippen LogP contribution in [0.5, 0.6) is 5.75 Å². The van der Waals surface area contributed by atoms with Crippen molar-refractivity contribution in [2.24, 2.45) is 0 Å². The van der Waals surface area contributed by atoms with Crippen LogP contribution in [-0.2, 0) is 0 Å². The predicted octanol–water partition coefficient (Wildman–Crippen LogP) is 2.41. The number of halogens is 1. The van der Waals surface area contributed by atoms with Crippen molar-refractivity contribution in [3.8, 4) is 5.75 Å². The first-order chi connectivity index (χ1) is 5.65. The molecule has 0 saturated carbocycles. The molecule has 0 aliphatic heterocycles. The number of phenolic OH excluding ortho intramolecular Hbond substituents is 1. The van der Waals surface area contributed by atoms with Gasteiger partial charge in [0.2, 0.25) is 0 Å². The van der Waals surface area contributed by atoms with Crippen LogP contribution in [0.1, 0.15) is 10.4 Å². The Bertz CT molecular complexity index is 331. The Labute approximate surface area is 75.1 Å². The van der Waals surface area contributed by atoms with E-state index >= 15 is 0 Å². The van der Waals surface area contributed by atoms with Crippen LogP contribution in [0, 0.1) is 0 Å². The first kappa shape index (κ1) is 8.81. The fraction of sp³-hybridized carbons (Fsp3) is 0. The Morgan fingerprint density at radius 1 is 1.58 bits per heavy atom. The standard InChI is InChI=1S/C9H7ClO2/c1-2-8(11)7-5-6(10)3-4-9(7)12/h2-5,12H,1H2. The fourth-order valence-corrected chi connectivity index (χ4v) is 0.988. The van der Waals surface area contributed by atoms with E-state index in [-0.39, 0.29) is 17.1 Å². The molecular formula is C9H7ClO2. The molecule has 0 spiro atoms. The molecule has 0 aromatic heterocycles. The Kier molecular flexibility index (Phi) is 2.51. The minimum absolute atomic E-state index is 0.0794. The Hall–Kier alpha value is -1.28. The molecule has 2 nitrogen and oxygen atoms in total. The van der Waals surface area contributed by atoms with Gasteiger partial charge in [-0.3, -0.25) is 4.79 Å². The molecule has 0 fully saturated rings. The largest absolute Gasteiger partial charge is 0.507 e. The topological polar surface area (TPSA) is 37.3 Å². The molecule has 0 heterocycles. The molecule has 0 aliphatic carbocycles. The summed E-state index contributed by atoms with van der Waals surface area (Å²) in [6.45, 7) is 3.30. The van der Waals surface area contributed by atoms with E-state index in [0.29, 0.717) is 5.02 Å². The van der Waals surface area contributed by atoms with Crippen molar-refractivity contribution in [2.75, 3.05) is 0 Å². The fourth-order valence-electron chi connectivity index (χ4n) is 0.816. The maximum absolute atomic E-state index is 11.0. The first-order valence-corrected chi connectivity index (χ1v) is 3.68. The van der Waals surface area contributed by atoms with E-state index in [0.717, 1.165) is 6.08 Å². The average Bonchev–Trinajstić information content (AvgIpc) is 2.08. The summed E-state index contributed by atoms with van der Waals surface area (Å²) in [4.78, 5) is 11.0. The van der Waals surface area contributed by atoms with E-state index in [9.17, 15) is 9.90 Å². The highest BCUT2D eigenvalue weighted by atomic mass is 35.5. The third kappa shape index (κ3) is 1.66. The van der Waals surface area contributed by atoms with Crippen LogP contribution in [0.4, 0.5) is 0 Å². The summed E-state index contributed by atoms with van der Waals surface area (Å²) in [7, 11) is 0. The lowest BCUT2D eigenvalue weighted by atomic mass is 10.1. The number of benzene rings is 1. The lowest BCUT2D eigenvalue weighted by Gasteiger charge is -1.99. The highest BCUT2D eigenvalue weighted by molar-refractivity contribution is 6.31. The third-order valence-electron chi connectivity index (χ3n) is 1.41.